The predicted octanol–water partition coefficient (Wildman–Crippen LogP) is 2.97. The number of aliphatic hydroxyl groups is 2. The molecule has 2 rings (SSSR count). The van der Waals surface area contributed by atoms with Gasteiger partial charge in [-0.05, 0) is 62.8 Å². The van der Waals surface area contributed by atoms with Gasteiger partial charge in [0.1, 0.15) is 5.75 Å². The summed E-state index contributed by atoms with van der Waals surface area (Å²) in [4.78, 5) is 0. The van der Waals surface area contributed by atoms with E-state index in [2.05, 4.69) is 15.9 Å². The van der Waals surface area contributed by atoms with E-state index in [1.165, 1.54) is 0 Å². The van der Waals surface area contributed by atoms with Gasteiger partial charge in [0.2, 0.25) is 0 Å². The van der Waals surface area contributed by atoms with Gasteiger partial charge in [0.15, 0.2) is 0 Å². The second-order valence-corrected chi connectivity index (χ2v) is 6.59. The van der Waals surface area contributed by atoms with Gasteiger partial charge in [-0.25, -0.2) is 0 Å². The highest BCUT2D eigenvalue weighted by Gasteiger charge is 2.42. The molecule has 19 heavy (non-hydrogen) atoms. The van der Waals surface area contributed by atoms with E-state index in [1.807, 2.05) is 26.0 Å². The normalized spacial score (nSPS) is 25.6. The summed E-state index contributed by atoms with van der Waals surface area (Å²) >= 11 is 3.54. The summed E-state index contributed by atoms with van der Waals surface area (Å²) in [7, 11) is 0. The van der Waals surface area contributed by atoms with Crippen LogP contribution in [-0.4, -0.2) is 28.5 Å². The lowest BCUT2D eigenvalue weighted by atomic mass is 9.72. The van der Waals surface area contributed by atoms with Gasteiger partial charge in [-0.15, -0.1) is 0 Å². The molecule has 1 aliphatic rings. The average Bonchev–Trinajstić information content (AvgIpc) is 2.29. The zero-order valence-electron chi connectivity index (χ0n) is 11.6. The number of hydrogen-bond acceptors (Lipinski definition) is 3. The Kier molecular flexibility index (Phi) is 4.23. The molecule has 0 heterocycles. The van der Waals surface area contributed by atoms with Gasteiger partial charge in [-0.2, -0.15) is 0 Å². The van der Waals surface area contributed by atoms with Crippen LogP contribution >= 0.6 is 15.9 Å². The molecule has 4 heteroatoms. The molecule has 0 amide bonds. The van der Waals surface area contributed by atoms with Gasteiger partial charge < -0.3 is 14.9 Å². The van der Waals surface area contributed by atoms with E-state index in [4.69, 9.17) is 9.84 Å². The Bertz CT molecular complexity index is 441. The van der Waals surface area contributed by atoms with Crippen LogP contribution in [0.1, 0.15) is 30.9 Å². The maximum atomic E-state index is 9.94. The van der Waals surface area contributed by atoms with Crippen LogP contribution < -0.4 is 4.74 Å². The third-order valence-corrected chi connectivity index (χ3v) is 5.26. The Labute approximate surface area is 122 Å². The molecule has 1 atom stereocenters. The van der Waals surface area contributed by atoms with Gasteiger partial charge in [0, 0.05) is 4.47 Å². The molecule has 0 aliphatic heterocycles. The third kappa shape index (κ3) is 3.12. The molecule has 106 valence electrons. The van der Waals surface area contributed by atoms with Crippen LogP contribution in [0.25, 0.3) is 0 Å². The molecule has 3 nitrogen and oxygen atoms in total. The molecule has 1 saturated carbocycles. The smallest absolute Gasteiger partial charge is 0.120 e. The quantitative estimate of drug-likeness (QED) is 0.893. The molecule has 1 aromatic rings. The number of hydrogen-bond donors (Lipinski definition) is 2. The molecule has 0 radical (unpaired) electrons. The second kappa shape index (κ2) is 5.43. The standard InChI is InChI=1S/C15H21BrO3/c1-9-4-12(5-10(2)14(9)16)19-13-6-11(7-13)15(3,18)8-17/h4-5,11,13,17-18H,6-8H2,1-3H3/t11-,13-,15?. The first-order valence-corrected chi connectivity index (χ1v) is 7.39. The fourth-order valence-electron chi connectivity index (χ4n) is 2.47. The van der Waals surface area contributed by atoms with Crippen molar-refractivity contribution in [1.29, 1.82) is 0 Å². The molecule has 1 aliphatic carbocycles. The monoisotopic (exact) mass is 328 g/mol. The van der Waals surface area contributed by atoms with Crippen molar-refractivity contribution in [3.8, 4) is 5.75 Å². The lowest BCUT2D eigenvalue weighted by Crippen LogP contribution is -2.49. The first kappa shape index (κ1) is 14.8. The topological polar surface area (TPSA) is 49.7 Å². The van der Waals surface area contributed by atoms with Gasteiger partial charge in [-0.3, -0.25) is 0 Å². The molecule has 1 aromatic carbocycles. The third-order valence-electron chi connectivity index (χ3n) is 4.01. The van der Waals surface area contributed by atoms with Crippen LogP contribution in [0.3, 0.4) is 0 Å². The summed E-state index contributed by atoms with van der Waals surface area (Å²) < 4.78 is 7.04. The van der Waals surface area contributed by atoms with Crippen LogP contribution in [0, 0.1) is 19.8 Å². The molecule has 0 spiro atoms. The lowest BCUT2D eigenvalue weighted by Gasteiger charge is -2.43. The molecule has 2 N–H and O–H groups in total. The SMILES string of the molecule is Cc1cc(O[C@H]2C[C@H](C(C)(O)CO)C2)cc(C)c1Br. The highest BCUT2D eigenvalue weighted by molar-refractivity contribution is 9.10. The number of rotatable bonds is 4. The highest BCUT2D eigenvalue weighted by Crippen LogP contribution is 2.39. The van der Waals surface area contributed by atoms with Gasteiger partial charge >= 0.3 is 0 Å². The summed E-state index contributed by atoms with van der Waals surface area (Å²) in [5.74, 6) is 1.01. The van der Waals surface area contributed by atoms with Crippen LogP contribution in [0.4, 0.5) is 0 Å². The van der Waals surface area contributed by atoms with Crippen LogP contribution in [0.2, 0.25) is 0 Å². The van der Waals surface area contributed by atoms with Gasteiger partial charge in [0.25, 0.3) is 0 Å². The second-order valence-electron chi connectivity index (χ2n) is 5.79. The van der Waals surface area contributed by atoms with Gasteiger partial charge in [0.05, 0.1) is 18.3 Å². The van der Waals surface area contributed by atoms with Crippen molar-refractivity contribution in [2.45, 2.75) is 45.3 Å². The number of aliphatic hydroxyl groups excluding tert-OH is 1. The molecule has 0 bridgehead atoms. The van der Waals surface area contributed by atoms with Gasteiger partial charge in [-0.1, -0.05) is 15.9 Å². The molecule has 0 aromatic heterocycles. The first-order chi connectivity index (χ1) is 8.83. The largest absolute Gasteiger partial charge is 0.490 e. The van der Waals surface area contributed by atoms with Crippen molar-refractivity contribution in [2.75, 3.05) is 6.61 Å². The Morgan fingerprint density at radius 2 is 1.84 bits per heavy atom. The van der Waals surface area contributed by atoms with E-state index in [1.54, 1.807) is 6.92 Å². The fraction of sp³-hybridized carbons (Fsp3) is 0.600. The van der Waals surface area contributed by atoms with Crippen molar-refractivity contribution in [2.24, 2.45) is 5.92 Å². The average molecular weight is 329 g/mol. The van der Waals surface area contributed by atoms with E-state index in [-0.39, 0.29) is 18.6 Å². The molecule has 0 saturated heterocycles. The molecular weight excluding hydrogens is 308 g/mol. The minimum atomic E-state index is -0.981. The maximum Gasteiger partial charge on any atom is 0.120 e. The number of ether oxygens (including phenoxy) is 1. The highest BCUT2D eigenvalue weighted by atomic mass is 79.9. The zero-order valence-corrected chi connectivity index (χ0v) is 13.2. The van der Waals surface area contributed by atoms with Crippen LogP contribution in [0.15, 0.2) is 16.6 Å². The Hall–Kier alpha value is -0.580. The summed E-state index contributed by atoms with van der Waals surface area (Å²) in [6.45, 7) is 5.58. The van der Waals surface area contributed by atoms with E-state index in [0.29, 0.717) is 0 Å². The summed E-state index contributed by atoms with van der Waals surface area (Å²) in [5.41, 5.74) is 1.34. The van der Waals surface area contributed by atoms with E-state index >= 15 is 0 Å². The van der Waals surface area contributed by atoms with Crippen molar-refractivity contribution < 1.29 is 14.9 Å². The zero-order chi connectivity index (χ0) is 14.2. The first-order valence-electron chi connectivity index (χ1n) is 6.60. The van der Waals surface area contributed by atoms with Crippen molar-refractivity contribution in [3.63, 3.8) is 0 Å². The van der Waals surface area contributed by atoms with Crippen molar-refractivity contribution >= 4 is 15.9 Å². The van der Waals surface area contributed by atoms with Crippen LogP contribution in [0.5, 0.6) is 5.75 Å². The van der Waals surface area contributed by atoms with E-state index < -0.39 is 5.60 Å². The summed E-state index contributed by atoms with van der Waals surface area (Å²) in [5, 5.41) is 19.1. The van der Waals surface area contributed by atoms with Crippen molar-refractivity contribution in [1.82, 2.24) is 0 Å². The number of benzene rings is 1. The van der Waals surface area contributed by atoms with Crippen LogP contribution in [-0.2, 0) is 0 Å². The number of halogens is 1. The minimum absolute atomic E-state index is 0.125. The number of aryl methyl sites for hydroxylation is 2. The predicted molar refractivity (Wildman–Crippen MR) is 78.5 cm³/mol. The lowest BCUT2D eigenvalue weighted by molar-refractivity contribution is -0.104. The molecule has 1 unspecified atom stereocenters. The van der Waals surface area contributed by atoms with E-state index in [9.17, 15) is 5.11 Å². The van der Waals surface area contributed by atoms with E-state index in [0.717, 1.165) is 34.2 Å². The van der Waals surface area contributed by atoms with Crippen molar-refractivity contribution in [3.05, 3.63) is 27.7 Å². The Morgan fingerprint density at radius 3 is 2.32 bits per heavy atom. The minimum Gasteiger partial charge on any atom is -0.490 e. The maximum absolute atomic E-state index is 9.94. The molecule has 1 fully saturated rings. The summed E-state index contributed by atoms with van der Waals surface area (Å²) in [6, 6.07) is 4.04. The Morgan fingerprint density at radius 1 is 1.32 bits per heavy atom. The summed E-state index contributed by atoms with van der Waals surface area (Å²) in [6.07, 6.45) is 1.73. The molecular formula is C15H21BrO3. The fourth-order valence-corrected chi connectivity index (χ4v) is 2.69. The Balaban J connectivity index is 1.95.